The van der Waals surface area contributed by atoms with Crippen molar-refractivity contribution < 1.29 is 5.11 Å². The Morgan fingerprint density at radius 3 is 2.11 bits per heavy atom. The third-order valence-corrected chi connectivity index (χ3v) is 6.63. The van der Waals surface area contributed by atoms with Gasteiger partial charge >= 0.3 is 0 Å². The van der Waals surface area contributed by atoms with Crippen molar-refractivity contribution in [3.05, 3.63) is 113 Å². The predicted octanol–water partition coefficient (Wildman–Crippen LogP) is 7.72. The van der Waals surface area contributed by atoms with Crippen molar-refractivity contribution in [2.24, 2.45) is 0 Å². The monoisotopic (exact) mass is 480 g/mol. The predicted molar refractivity (Wildman–Crippen MR) is 148 cm³/mol. The molecule has 5 rings (SSSR count). The highest BCUT2D eigenvalue weighted by Gasteiger charge is 2.23. The van der Waals surface area contributed by atoms with Gasteiger partial charge in [-0.05, 0) is 60.9 Å². The molecule has 0 radical (unpaired) electrons. The minimum absolute atomic E-state index is 0.432. The molecule has 176 valence electrons. The Kier molecular flexibility index (Phi) is 6.63. The van der Waals surface area contributed by atoms with Gasteiger partial charge in [0.25, 0.3) is 0 Å². The second kappa shape index (κ2) is 9.99. The molecule has 35 heavy (non-hydrogen) atoms. The third-order valence-electron chi connectivity index (χ3n) is 6.38. The molecule has 0 saturated carbocycles. The van der Waals surface area contributed by atoms with E-state index in [9.17, 15) is 5.11 Å². The molecular formula is C31H29ClN2O. The van der Waals surface area contributed by atoms with Crippen molar-refractivity contribution in [1.82, 2.24) is 4.57 Å². The summed E-state index contributed by atoms with van der Waals surface area (Å²) in [6.07, 6.45) is -0.590. The van der Waals surface area contributed by atoms with Crippen LogP contribution in [0.2, 0.25) is 5.02 Å². The molecule has 1 atom stereocenters. The van der Waals surface area contributed by atoms with Crippen LogP contribution >= 0.6 is 11.6 Å². The molecule has 0 aliphatic rings. The van der Waals surface area contributed by atoms with Crippen LogP contribution < -0.4 is 5.32 Å². The molecule has 0 unspecified atom stereocenters. The fourth-order valence-electron chi connectivity index (χ4n) is 4.94. The number of aliphatic hydroxyl groups excluding tert-OH is 1. The fraction of sp³-hybridized carbons (Fsp3) is 0.161. The summed E-state index contributed by atoms with van der Waals surface area (Å²) in [4.78, 5) is 0. The molecule has 3 nitrogen and oxygen atoms in total. The van der Waals surface area contributed by atoms with E-state index in [4.69, 9.17) is 11.6 Å². The van der Waals surface area contributed by atoms with Gasteiger partial charge in [0.1, 0.15) is 0 Å². The molecule has 1 heterocycles. The van der Waals surface area contributed by atoms with E-state index in [0.717, 1.165) is 16.9 Å². The lowest BCUT2D eigenvalue weighted by atomic mass is 9.97. The first-order chi connectivity index (χ1) is 17.0. The largest absolute Gasteiger partial charge is 0.389 e. The van der Waals surface area contributed by atoms with Gasteiger partial charge in [-0.15, -0.1) is 0 Å². The van der Waals surface area contributed by atoms with Crippen molar-refractivity contribution in [2.75, 3.05) is 11.9 Å². The first-order valence-electron chi connectivity index (χ1n) is 11.9. The van der Waals surface area contributed by atoms with Crippen LogP contribution in [0.4, 0.5) is 5.69 Å². The minimum atomic E-state index is -0.590. The Bertz CT molecular complexity index is 1440. The van der Waals surface area contributed by atoms with E-state index in [-0.39, 0.29) is 0 Å². The number of anilines is 1. The summed E-state index contributed by atoms with van der Waals surface area (Å²) in [7, 11) is 0. The van der Waals surface area contributed by atoms with Crippen molar-refractivity contribution >= 4 is 28.2 Å². The molecule has 4 heteroatoms. The van der Waals surface area contributed by atoms with Crippen LogP contribution in [-0.2, 0) is 6.54 Å². The molecule has 0 spiro atoms. The summed E-state index contributed by atoms with van der Waals surface area (Å²) in [6, 6.07) is 33.1. The summed E-state index contributed by atoms with van der Waals surface area (Å²) in [5, 5.41) is 16.4. The Morgan fingerprint density at radius 1 is 0.829 bits per heavy atom. The van der Waals surface area contributed by atoms with Crippen molar-refractivity contribution in [1.29, 1.82) is 0 Å². The zero-order valence-electron chi connectivity index (χ0n) is 20.0. The highest BCUT2D eigenvalue weighted by Crippen LogP contribution is 2.42. The number of halogens is 1. The van der Waals surface area contributed by atoms with E-state index in [0.29, 0.717) is 18.1 Å². The molecular weight excluding hydrogens is 452 g/mol. The minimum Gasteiger partial charge on any atom is -0.389 e. The highest BCUT2D eigenvalue weighted by atomic mass is 35.5. The number of aryl methyl sites for hydroxylation is 2. The first-order valence-corrected chi connectivity index (χ1v) is 12.3. The van der Waals surface area contributed by atoms with Gasteiger partial charge in [0, 0.05) is 28.2 Å². The molecule has 0 aliphatic carbocycles. The Morgan fingerprint density at radius 2 is 1.46 bits per heavy atom. The van der Waals surface area contributed by atoms with E-state index in [1.807, 2.05) is 36.4 Å². The zero-order chi connectivity index (χ0) is 24.4. The summed E-state index contributed by atoms with van der Waals surface area (Å²) in [6.45, 7) is 5.21. The number of nitrogens with one attached hydrogen (secondary N) is 1. The Hall–Kier alpha value is -3.53. The second-order valence-corrected chi connectivity index (χ2v) is 9.52. The maximum atomic E-state index is 11.2. The second-order valence-electron chi connectivity index (χ2n) is 9.09. The van der Waals surface area contributed by atoms with Gasteiger partial charge in [0.2, 0.25) is 0 Å². The molecule has 5 aromatic rings. The third kappa shape index (κ3) is 4.84. The van der Waals surface area contributed by atoms with Crippen LogP contribution in [0.25, 0.3) is 33.3 Å². The number of hydrogen-bond donors (Lipinski definition) is 2. The van der Waals surface area contributed by atoms with Crippen LogP contribution in [0.1, 0.15) is 11.1 Å². The van der Waals surface area contributed by atoms with Gasteiger partial charge in [0.05, 0.1) is 23.9 Å². The van der Waals surface area contributed by atoms with Gasteiger partial charge in [-0.2, -0.15) is 0 Å². The van der Waals surface area contributed by atoms with Gasteiger partial charge in [-0.1, -0.05) is 83.9 Å². The van der Waals surface area contributed by atoms with Crippen LogP contribution in [0.15, 0.2) is 97.1 Å². The van der Waals surface area contributed by atoms with Gasteiger partial charge in [0.15, 0.2) is 0 Å². The average Bonchev–Trinajstić information content (AvgIpc) is 3.18. The van der Waals surface area contributed by atoms with Crippen molar-refractivity contribution in [2.45, 2.75) is 26.5 Å². The van der Waals surface area contributed by atoms with Gasteiger partial charge in [-0.25, -0.2) is 0 Å². The number of aliphatic hydroxyl groups is 1. The molecule has 0 saturated heterocycles. The molecule has 1 aromatic heterocycles. The number of aromatic nitrogens is 1. The van der Waals surface area contributed by atoms with Crippen molar-refractivity contribution in [3.63, 3.8) is 0 Å². The van der Waals surface area contributed by atoms with E-state index < -0.39 is 6.10 Å². The SMILES string of the molecule is Cc1cc(C)c2c(c1)c(-c1ccccc1)c(-c1ccccc1)n2C[C@H](O)CNc1ccc(Cl)cc1. The van der Waals surface area contributed by atoms with E-state index in [2.05, 4.69) is 84.4 Å². The maximum absolute atomic E-state index is 11.2. The summed E-state index contributed by atoms with van der Waals surface area (Å²) < 4.78 is 2.30. The number of benzene rings is 4. The lowest BCUT2D eigenvalue weighted by molar-refractivity contribution is 0.169. The standard InChI is InChI=1S/C31H29ClN2O/c1-21-17-22(2)30-28(18-21)29(23-9-5-3-6-10-23)31(24-11-7-4-8-12-24)34(30)20-27(35)19-33-26-15-13-25(32)14-16-26/h3-18,27,33,35H,19-20H2,1-2H3/t27-/m1/s1. The van der Waals surface area contributed by atoms with Crippen LogP contribution in [-0.4, -0.2) is 22.3 Å². The van der Waals surface area contributed by atoms with Gasteiger partial charge < -0.3 is 15.0 Å². The Balaban J connectivity index is 1.64. The lowest BCUT2D eigenvalue weighted by Crippen LogP contribution is -2.25. The molecule has 2 N–H and O–H groups in total. The molecule has 0 amide bonds. The van der Waals surface area contributed by atoms with Gasteiger partial charge in [-0.3, -0.25) is 0 Å². The maximum Gasteiger partial charge on any atom is 0.0891 e. The molecule has 0 fully saturated rings. The number of hydrogen-bond acceptors (Lipinski definition) is 2. The summed E-state index contributed by atoms with van der Waals surface area (Å²) in [5.41, 5.74) is 9.18. The smallest absolute Gasteiger partial charge is 0.0891 e. The fourth-order valence-corrected chi connectivity index (χ4v) is 5.06. The van der Waals surface area contributed by atoms with Crippen LogP contribution in [0.5, 0.6) is 0 Å². The van der Waals surface area contributed by atoms with E-state index in [1.54, 1.807) is 0 Å². The van der Waals surface area contributed by atoms with Crippen LogP contribution in [0, 0.1) is 13.8 Å². The lowest BCUT2D eigenvalue weighted by Gasteiger charge is -2.19. The molecule has 0 bridgehead atoms. The number of nitrogens with zero attached hydrogens (tertiary/aromatic N) is 1. The quantitative estimate of drug-likeness (QED) is 0.250. The Labute approximate surface area is 211 Å². The summed E-state index contributed by atoms with van der Waals surface area (Å²) in [5.74, 6) is 0. The van der Waals surface area contributed by atoms with Crippen molar-refractivity contribution in [3.8, 4) is 22.4 Å². The number of rotatable bonds is 7. The van der Waals surface area contributed by atoms with E-state index in [1.165, 1.54) is 33.2 Å². The topological polar surface area (TPSA) is 37.2 Å². The normalized spacial score (nSPS) is 12.1. The average molecular weight is 481 g/mol. The number of fused-ring (bicyclic) bond motifs is 1. The highest BCUT2D eigenvalue weighted by molar-refractivity contribution is 6.30. The van der Waals surface area contributed by atoms with Crippen LogP contribution in [0.3, 0.4) is 0 Å². The summed E-state index contributed by atoms with van der Waals surface area (Å²) >= 11 is 6.01. The molecule has 0 aliphatic heterocycles. The molecule has 4 aromatic carbocycles. The van der Waals surface area contributed by atoms with E-state index >= 15 is 0 Å². The first kappa shape index (κ1) is 23.2. The zero-order valence-corrected chi connectivity index (χ0v) is 20.8.